The van der Waals surface area contributed by atoms with Crippen LogP contribution in [0.5, 0.6) is 0 Å². The van der Waals surface area contributed by atoms with E-state index in [1.165, 1.54) is 0 Å². The summed E-state index contributed by atoms with van der Waals surface area (Å²) in [5, 5.41) is 3.98. The van der Waals surface area contributed by atoms with Gasteiger partial charge in [0.15, 0.2) is 5.82 Å². The van der Waals surface area contributed by atoms with Gasteiger partial charge >= 0.3 is 0 Å². The Morgan fingerprint density at radius 3 is 2.76 bits per heavy atom. The molecule has 25 heavy (non-hydrogen) atoms. The third kappa shape index (κ3) is 5.53. The van der Waals surface area contributed by atoms with Gasteiger partial charge in [0, 0.05) is 18.2 Å². The van der Waals surface area contributed by atoms with Crippen LogP contribution < -0.4 is 11.1 Å². The van der Waals surface area contributed by atoms with Crippen LogP contribution in [0.25, 0.3) is 11.0 Å². The summed E-state index contributed by atoms with van der Waals surface area (Å²) >= 11 is 6.00. The topological polar surface area (TPSA) is 93.8 Å². The average Bonchev–Trinajstić information content (AvgIpc) is 2.52. The Morgan fingerprint density at radius 1 is 1.32 bits per heavy atom. The van der Waals surface area contributed by atoms with Crippen LogP contribution in [0, 0.1) is 0 Å². The molecule has 0 bridgehead atoms. The number of pyridine rings is 1. The van der Waals surface area contributed by atoms with E-state index in [9.17, 15) is 4.79 Å². The van der Waals surface area contributed by atoms with E-state index < -0.39 is 0 Å². The van der Waals surface area contributed by atoms with Crippen LogP contribution in [-0.4, -0.2) is 26.3 Å². The van der Waals surface area contributed by atoms with Crippen LogP contribution in [0.15, 0.2) is 12.3 Å². The predicted molar refractivity (Wildman–Crippen MR) is 103 cm³/mol. The maximum Gasteiger partial charge on any atom is 0.222 e. The highest BCUT2D eigenvalue weighted by molar-refractivity contribution is 6.31. The van der Waals surface area contributed by atoms with Crippen LogP contribution in [-0.2, 0) is 4.79 Å². The number of nitrogens with zero attached hydrogens (tertiary/aromatic N) is 3. The van der Waals surface area contributed by atoms with Gasteiger partial charge in [-0.25, -0.2) is 9.97 Å². The summed E-state index contributed by atoms with van der Waals surface area (Å²) in [6.07, 6.45) is 7.13. The highest BCUT2D eigenvalue weighted by atomic mass is 35.5. The molecule has 0 unspecified atom stereocenters. The van der Waals surface area contributed by atoms with Crippen molar-refractivity contribution in [2.24, 2.45) is 0 Å². The highest BCUT2D eigenvalue weighted by Gasteiger charge is 2.26. The van der Waals surface area contributed by atoms with Gasteiger partial charge in [0.05, 0.1) is 10.5 Å². The third-order valence-electron chi connectivity index (χ3n) is 4.30. The molecule has 0 aromatic carbocycles. The number of halogens is 1. The Labute approximate surface area is 153 Å². The van der Waals surface area contributed by atoms with Crippen molar-refractivity contribution in [1.29, 1.82) is 0 Å². The summed E-state index contributed by atoms with van der Waals surface area (Å²) in [4.78, 5) is 24.4. The van der Waals surface area contributed by atoms with E-state index in [1.807, 2.05) is 0 Å². The van der Waals surface area contributed by atoms with Crippen molar-refractivity contribution in [2.45, 2.75) is 64.8 Å². The predicted octanol–water partition coefficient (Wildman–Crippen LogP) is 4.38. The number of Topliss-reactive ketones (excluding diaryl/α,β-unsaturated/α-hetero) is 1. The summed E-state index contributed by atoms with van der Waals surface area (Å²) in [5.74, 6) is 0.934. The maximum atomic E-state index is 11.5. The number of nitrogens with one attached hydrogen (secondary N) is 1. The van der Waals surface area contributed by atoms with Gasteiger partial charge in [-0.15, -0.1) is 0 Å². The second kappa shape index (κ2) is 8.43. The summed E-state index contributed by atoms with van der Waals surface area (Å²) in [7, 11) is 0. The largest absolute Gasteiger partial charge is 0.368 e. The number of ketones is 1. The lowest BCUT2D eigenvalue weighted by atomic mass is 9.88. The first-order chi connectivity index (χ1) is 11.8. The smallest absolute Gasteiger partial charge is 0.222 e. The molecule has 6 nitrogen and oxygen atoms in total. The molecule has 0 aliphatic heterocycles. The number of fused-ring (bicyclic) bond motifs is 1. The molecule has 0 saturated carbocycles. The van der Waals surface area contributed by atoms with Gasteiger partial charge in [0.25, 0.3) is 0 Å². The zero-order chi connectivity index (χ0) is 18.4. The van der Waals surface area contributed by atoms with Crippen molar-refractivity contribution in [3.05, 3.63) is 17.3 Å². The van der Waals surface area contributed by atoms with Crippen LogP contribution >= 0.6 is 11.6 Å². The normalized spacial score (nSPS) is 13.6. The van der Waals surface area contributed by atoms with Gasteiger partial charge in [-0.05, 0) is 32.8 Å². The summed E-state index contributed by atoms with van der Waals surface area (Å²) in [6, 6.07) is 1.72. The quantitative estimate of drug-likeness (QED) is 0.642. The van der Waals surface area contributed by atoms with Crippen molar-refractivity contribution < 1.29 is 4.79 Å². The number of nitrogen functional groups attached to an aromatic ring is 1. The molecule has 2 heterocycles. The molecule has 0 aliphatic carbocycles. The fraction of sp³-hybridized carbons (Fsp3) is 0.556. The van der Waals surface area contributed by atoms with Gasteiger partial charge in [-0.1, -0.05) is 37.8 Å². The zero-order valence-electron chi connectivity index (χ0n) is 15.1. The van der Waals surface area contributed by atoms with Crippen molar-refractivity contribution in [2.75, 3.05) is 11.1 Å². The van der Waals surface area contributed by atoms with Crippen LogP contribution in [0.3, 0.4) is 0 Å². The molecular weight excluding hydrogens is 338 g/mol. The fourth-order valence-corrected chi connectivity index (χ4v) is 3.00. The number of hydrogen-bond donors (Lipinski definition) is 2. The van der Waals surface area contributed by atoms with E-state index in [0.717, 1.165) is 32.1 Å². The lowest BCUT2D eigenvalue weighted by Gasteiger charge is -2.32. The SMILES string of the molecule is CCCCC[C@@](C)(CCC(C)=O)Nc1nc(N)nc2cc(Cl)cnc12. The molecule has 0 aliphatic rings. The minimum atomic E-state index is -0.268. The van der Waals surface area contributed by atoms with Crippen molar-refractivity contribution >= 4 is 40.2 Å². The number of carbonyl (C=O) groups excluding carboxylic acids is 1. The lowest BCUT2D eigenvalue weighted by Crippen LogP contribution is -2.36. The first-order valence-electron chi connectivity index (χ1n) is 8.69. The van der Waals surface area contributed by atoms with E-state index in [2.05, 4.69) is 34.1 Å². The number of rotatable bonds is 9. The fourth-order valence-electron chi connectivity index (χ4n) is 2.85. The Hall–Kier alpha value is -1.95. The molecular formula is C18H26ClN5O. The van der Waals surface area contributed by atoms with E-state index in [1.54, 1.807) is 19.2 Å². The van der Waals surface area contributed by atoms with Crippen LogP contribution in [0.4, 0.5) is 11.8 Å². The number of unbranched alkanes of at least 4 members (excludes halogenated alkanes) is 2. The van der Waals surface area contributed by atoms with Gasteiger partial charge in [0.1, 0.15) is 11.3 Å². The molecule has 136 valence electrons. The molecule has 2 rings (SSSR count). The first kappa shape index (κ1) is 19.4. The molecule has 0 saturated heterocycles. The second-order valence-corrected chi connectivity index (χ2v) is 7.23. The lowest BCUT2D eigenvalue weighted by molar-refractivity contribution is -0.117. The zero-order valence-corrected chi connectivity index (χ0v) is 15.9. The number of nitrogens with two attached hydrogens (primary N) is 1. The number of anilines is 2. The molecule has 0 amide bonds. The van der Waals surface area contributed by atoms with E-state index in [0.29, 0.717) is 28.3 Å². The Kier molecular flexibility index (Phi) is 6.53. The Morgan fingerprint density at radius 2 is 2.08 bits per heavy atom. The molecule has 2 aromatic heterocycles. The standard InChI is InChI=1S/C18H26ClN5O/c1-4-5-6-8-18(3,9-7-12(2)25)24-16-15-14(22-17(20)23-16)10-13(19)11-21-15/h10-11H,4-9H2,1-3H3,(H3,20,22,23,24)/t18-/m0/s1. The highest BCUT2D eigenvalue weighted by Crippen LogP contribution is 2.29. The van der Waals surface area contributed by atoms with Crippen LogP contribution in [0.2, 0.25) is 5.02 Å². The van der Waals surface area contributed by atoms with E-state index in [4.69, 9.17) is 17.3 Å². The third-order valence-corrected chi connectivity index (χ3v) is 4.51. The van der Waals surface area contributed by atoms with Crippen LogP contribution in [0.1, 0.15) is 59.3 Å². The van der Waals surface area contributed by atoms with Gasteiger partial charge in [-0.3, -0.25) is 0 Å². The summed E-state index contributed by atoms with van der Waals surface area (Å²) < 4.78 is 0. The molecule has 2 aromatic rings. The minimum absolute atomic E-state index is 0.168. The summed E-state index contributed by atoms with van der Waals surface area (Å²) in [5.41, 5.74) is 6.81. The Bertz CT molecular complexity index is 746. The Balaban J connectivity index is 2.33. The monoisotopic (exact) mass is 363 g/mol. The average molecular weight is 364 g/mol. The van der Waals surface area contributed by atoms with Gasteiger partial charge in [-0.2, -0.15) is 4.98 Å². The van der Waals surface area contributed by atoms with E-state index in [-0.39, 0.29) is 17.3 Å². The molecule has 7 heteroatoms. The summed E-state index contributed by atoms with van der Waals surface area (Å²) in [6.45, 7) is 5.91. The molecule has 0 fully saturated rings. The maximum absolute atomic E-state index is 11.5. The molecule has 0 radical (unpaired) electrons. The molecule has 3 N–H and O–H groups in total. The number of carbonyl (C=O) groups is 1. The second-order valence-electron chi connectivity index (χ2n) is 6.80. The van der Waals surface area contributed by atoms with Crippen molar-refractivity contribution in [3.8, 4) is 0 Å². The first-order valence-corrected chi connectivity index (χ1v) is 9.07. The number of hydrogen-bond acceptors (Lipinski definition) is 6. The van der Waals surface area contributed by atoms with E-state index >= 15 is 0 Å². The van der Waals surface area contributed by atoms with Gasteiger partial charge < -0.3 is 15.8 Å². The molecule has 1 atom stereocenters. The van der Waals surface area contributed by atoms with Gasteiger partial charge in [0.2, 0.25) is 5.95 Å². The van der Waals surface area contributed by atoms with Crippen molar-refractivity contribution in [3.63, 3.8) is 0 Å². The van der Waals surface area contributed by atoms with Crippen molar-refractivity contribution in [1.82, 2.24) is 15.0 Å². The minimum Gasteiger partial charge on any atom is -0.368 e. The number of aromatic nitrogens is 3. The molecule has 0 spiro atoms.